The number of hydrogen-bond donors (Lipinski definition) is 1. The molecule has 0 fully saturated rings. The number of hydrogen-bond acceptors (Lipinski definition) is 3. The second-order valence-corrected chi connectivity index (χ2v) is 3.24. The number of nitrogens with two attached hydrogens (primary N) is 1. The molecule has 1 heterocycles. The van der Waals surface area contributed by atoms with Gasteiger partial charge in [-0.1, -0.05) is 6.07 Å². The molecule has 0 spiro atoms. The summed E-state index contributed by atoms with van der Waals surface area (Å²) in [7, 11) is 0. The van der Waals surface area contributed by atoms with Crippen molar-refractivity contribution in [3.63, 3.8) is 0 Å². The Balaban J connectivity index is 2.65. The van der Waals surface area contributed by atoms with Gasteiger partial charge in [-0.05, 0) is 32.0 Å². The van der Waals surface area contributed by atoms with Gasteiger partial charge < -0.3 is 10.6 Å². The third-order valence-corrected chi connectivity index (χ3v) is 2.19. The molecular formula is C11H17N3O. The van der Waals surface area contributed by atoms with E-state index in [4.69, 9.17) is 5.73 Å². The fourth-order valence-electron chi connectivity index (χ4n) is 1.34. The van der Waals surface area contributed by atoms with Gasteiger partial charge in [0.25, 0.3) is 5.91 Å². The lowest BCUT2D eigenvalue weighted by atomic mass is 10.3. The Hall–Kier alpha value is -1.42. The smallest absolute Gasteiger partial charge is 0.272 e. The summed E-state index contributed by atoms with van der Waals surface area (Å²) in [6.45, 7) is 3.95. The average Bonchev–Trinajstić information content (AvgIpc) is 2.31. The predicted octanol–water partition coefficient (Wildman–Crippen LogP) is 0.892. The highest BCUT2D eigenvalue weighted by Gasteiger charge is 2.13. The van der Waals surface area contributed by atoms with E-state index in [1.54, 1.807) is 23.2 Å². The van der Waals surface area contributed by atoms with Crippen molar-refractivity contribution >= 4 is 5.91 Å². The summed E-state index contributed by atoms with van der Waals surface area (Å²) >= 11 is 0. The molecule has 4 heteroatoms. The Kier molecular flexibility index (Phi) is 4.77. The van der Waals surface area contributed by atoms with Gasteiger partial charge in [-0.2, -0.15) is 0 Å². The molecule has 0 aromatic carbocycles. The van der Waals surface area contributed by atoms with Crippen LogP contribution in [0.3, 0.4) is 0 Å². The van der Waals surface area contributed by atoms with Crippen LogP contribution in [-0.4, -0.2) is 35.4 Å². The molecule has 15 heavy (non-hydrogen) atoms. The third-order valence-electron chi connectivity index (χ3n) is 2.19. The zero-order valence-electron chi connectivity index (χ0n) is 9.02. The molecule has 1 amide bonds. The lowest BCUT2D eigenvalue weighted by Crippen LogP contribution is -2.33. The van der Waals surface area contributed by atoms with Gasteiger partial charge in [-0.15, -0.1) is 0 Å². The van der Waals surface area contributed by atoms with E-state index < -0.39 is 0 Å². The van der Waals surface area contributed by atoms with Crippen molar-refractivity contribution in [3.8, 4) is 0 Å². The van der Waals surface area contributed by atoms with Gasteiger partial charge in [0.2, 0.25) is 0 Å². The summed E-state index contributed by atoms with van der Waals surface area (Å²) in [5.41, 5.74) is 5.91. The van der Waals surface area contributed by atoms with Crippen molar-refractivity contribution in [1.29, 1.82) is 0 Å². The zero-order chi connectivity index (χ0) is 11.1. The molecule has 0 radical (unpaired) electrons. The first-order valence-electron chi connectivity index (χ1n) is 5.20. The Bertz CT molecular complexity index is 300. The van der Waals surface area contributed by atoms with Crippen molar-refractivity contribution in [2.24, 2.45) is 5.73 Å². The summed E-state index contributed by atoms with van der Waals surface area (Å²) < 4.78 is 0. The van der Waals surface area contributed by atoms with Crippen molar-refractivity contribution in [3.05, 3.63) is 30.1 Å². The number of pyridine rings is 1. The van der Waals surface area contributed by atoms with Gasteiger partial charge in [0.1, 0.15) is 5.69 Å². The van der Waals surface area contributed by atoms with Crippen LogP contribution in [-0.2, 0) is 0 Å². The van der Waals surface area contributed by atoms with E-state index in [9.17, 15) is 4.79 Å². The zero-order valence-corrected chi connectivity index (χ0v) is 9.02. The normalized spacial score (nSPS) is 10.0. The van der Waals surface area contributed by atoms with Gasteiger partial charge in [0.05, 0.1) is 0 Å². The Morgan fingerprint density at radius 3 is 2.87 bits per heavy atom. The lowest BCUT2D eigenvalue weighted by Gasteiger charge is -2.19. The van der Waals surface area contributed by atoms with E-state index in [-0.39, 0.29) is 5.91 Å². The van der Waals surface area contributed by atoms with Crippen LogP contribution >= 0.6 is 0 Å². The molecule has 0 aliphatic heterocycles. The van der Waals surface area contributed by atoms with Crippen LogP contribution in [0.25, 0.3) is 0 Å². The molecule has 0 bridgehead atoms. The SMILES string of the molecule is CCN(CCCN)C(=O)c1ccccn1. The summed E-state index contributed by atoms with van der Waals surface area (Å²) in [6.07, 6.45) is 2.45. The quantitative estimate of drug-likeness (QED) is 0.780. The molecule has 0 saturated carbocycles. The van der Waals surface area contributed by atoms with Crippen LogP contribution in [0, 0.1) is 0 Å². The molecule has 0 atom stereocenters. The van der Waals surface area contributed by atoms with Crippen molar-refractivity contribution in [2.75, 3.05) is 19.6 Å². The molecule has 0 aliphatic rings. The number of amides is 1. The maximum absolute atomic E-state index is 11.9. The Morgan fingerprint density at radius 1 is 1.53 bits per heavy atom. The van der Waals surface area contributed by atoms with Crippen LogP contribution in [0.5, 0.6) is 0 Å². The average molecular weight is 207 g/mol. The number of aromatic nitrogens is 1. The molecule has 0 aliphatic carbocycles. The first kappa shape index (κ1) is 11.7. The maximum atomic E-state index is 11.9. The second-order valence-electron chi connectivity index (χ2n) is 3.24. The number of nitrogens with zero attached hydrogens (tertiary/aromatic N) is 2. The minimum Gasteiger partial charge on any atom is -0.338 e. The number of carbonyl (C=O) groups excluding carboxylic acids is 1. The highest BCUT2D eigenvalue weighted by molar-refractivity contribution is 5.92. The molecule has 4 nitrogen and oxygen atoms in total. The van der Waals surface area contributed by atoms with Crippen molar-refractivity contribution in [2.45, 2.75) is 13.3 Å². The number of rotatable bonds is 5. The molecule has 1 aromatic rings. The molecule has 0 saturated heterocycles. The first-order chi connectivity index (χ1) is 7.29. The molecule has 1 aromatic heterocycles. The largest absolute Gasteiger partial charge is 0.338 e. The van der Waals surface area contributed by atoms with Gasteiger partial charge in [0.15, 0.2) is 0 Å². The van der Waals surface area contributed by atoms with Gasteiger partial charge in [0, 0.05) is 19.3 Å². The van der Waals surface area contributed by atoms with Crippen LogP contribution in [0.4, 0.5) is 0 Å². The minimum atomic E-state index is -0.0217. The first-order valence-corrected chi connectivity index (χ1v) is 5.20. The van der Waals surface area contributed by atoms with E-state index in [0.29, 0.717) is 25.3 Å². The molecule has 2 N–H and O–H groups in total. The monoisotopic (exact) mass is 207 g/mol. The van der Waals surface area contributed by atoms with Gasteiger partial charge in [-0.3, -0.25) is 9.78 Å². The van der Waals surface area contributed by atoms with Crippen molar-refractivity contribution in [1.82, 2.24) is 9.88 Å². The van der Waals surface area contributed by atoms with Crippen LogP contribution < -0.4 is 5.73 Å². The molecule has 0 unspecified atom stereocenters. The Labute approximate surface area is 90.1 Å². The van der Waals surface area contributed by atoms with Gasteiger partial charge in [-0.25, -0.2) is 0 Å². The molecule has 82 valence electrons. The number of carbonyl (C=O) groups is 1. The topological polar surface area (TPSA) is 59.2 Å². The summed E-state index contributed by atoms with van der Waals surface area (Å²) in [5.74, 6) is -0.0217. The summed E-state index contributed by atoms with van der Waals surface area (Å²) in [5, 5.41) is 0. The van der Waals surface area contributed by atoms with Crippen LogP contribution in [0.2, 0.25) is 0 Å². The highest BCUT2D eigenvalue weighted by Crippen LogP contribution is 2.01. The van der Waals surface area contributed by atoms with E-state index >= 15 is 0 Å². The fraction of sp³-hybridized carbons (Fsp3) is 0.455. The fourth-order valence-corrected chi connectivity index (χ4v) is 1.34. The van der Waals surface area contributed by atoms with Crippen molar-refractivity contribution < 1.29 is 4.79 Å². The van der Waals surface area contributed by atoms with E-state index in [2.05, 4.69) is 4.98 Å². The van der Waals surface area contributed by atoms with E-state index in [1.165, 1.54) is 0 Å². The van der Waals surface area contributed by atoms with E-state index in [1.807, 2.05) is 13.0 Å². The Morgan fingerprint density at radius 2 is 2.33 bits per heavy atom. The highest BCUT2D eigenvalue weighted by atomic mass is 16.2. The summed E-state index contributed by atoms with van der Waals surface area (Å²) in [6, 6.07) is 5.34. The van der Waals surface area contributed by atoms with Gasteiger partial charge >= 0.3 is 0 Å². The predicted molar refractivity (Wildman–Crippen MR) is 59.5 cm³/mol. The standard InChI is InChI=1S/C11H17N3O/c1-2-14(9-5-7-12)11(15)10-6-3-4-8-13-10/h3-4,6,8H,2,5,7,9,12H2,1H3. The molecular weight excluding hydrogens is 190 g/mol. The third kappa shape index (κ3) is 3.32. The van der Waals surface area contributed by atoms with E-state index in [0.717, 1.165) is 6.42 Å². The lowest BCUT2D eigenvalue weighted by molar-refractivity contribution is 0.0757. The van der Waals surface area contributed by atoms with Crippen LogP contribution in [0.15, 0.2) is 24.4 Å². The summed E-state index contributed by atoms with van der Waals surface area (Å²) in [4.78, 5) is 17.7. The second kappa shape index (κ2) is 6.14. The minimum absolute atomic E-state index is 0.0217. The molecule has 1 rings (SSSR count). The van der Waals surface area contributed by atoms with Crippen LogP contribution in [0.1, 0.15) is 23.8 Å². The maximum Gasteiger partial charge on any atom is 0.272 e.